The van der Waals surface area contributed by atoms with Crippen LogP contribution in [-0.4, -0.2) is 52.9 Å². The number of amides is 1. The Morgan fingerprint density at radius 1 is 1.18 bits per heavy atom. The Kier molecular flexibility index (Phi) is 6.20. The second kappa shape index (κ2) is 8.79. The number of carbonyl (C=O) groups excluding carboxylic acids is 1. The number of hydrogen-bond acceptors (Lipinski definition) is 5. The number of carbonyl (C=O) groups is 1. The van der Waals surface area contributed by atoms with Gasteiger partial charge in [-0.2, -0.15) is 0 Å². The molecule has 0 bridgehead atoms. The minimum atomic E-state index is -0.684. The molecule has 1 saturated heterocycles. The summed E-state index contributed by atoms with van der Waals surface area (Å²) in [5.41, 5.74) is 0.885. The fourth-order valence-corrected chi connectivity index (χ4v) is 3.18. The van der Waals surface area contributed by atoms with Crippen LogP contribution in [0.4, 0.5) is 10.1 Å². The number of halogens is 1. The lowest BCUT2D eigenvalue weighted by Gasteiger charge is -2.35. The van der Waals surface area contributed by atoms with Gasteiger partial charge >= 0.3 is 0 Å². The topological polar surface area (TPSA) is 75.9 Å². The molecule has 0 aromatic heterocycles. The second-order valence-corrected chi connectivity index (χ2v) is 6.74. The van der Waals surface area contributed by atoms with Gasteiger partial charge in [-0.15, -0.1) is 0 Å². The quantitative estimate of drug-likeness (QED) is 0.563. The van der Waals surface area contributed by atoms with E-state index in [1.807, 2.05) is 6.07 Å². The molecule has 0 aliphatic carbocycles. The van der Waals surface area contributed by atoms with E-state index in [9.17, 15) is 19.3 Å². The van der Waals surface area contributed by atoms with Crippen molar-refractivity contribution in [3.8, 4) is 5.75 Å². The van der Waals surface area contributed by atoms with Crippen molar-refractivity contribution < 1.29 is 18.8 Å². The van der Waals surface area contributed by atoms with Gasteiger partial charge in [0.25, 0.3) is 11.6 Å². The molecular weight excluding hydrogens is 365 g/mol. The third-order valence-corrected chi connectivity index (χ3v) is 4.69. The van der Waals surface area contributed by atoms with Crippen molar-refractivity contribution in [2.24, 2.45) is 0 Å². The average molecular weight is 387 g/mol. The van der Waals surface area contributed by atoms with Crippen LogP contribution in [0.15, 0.2) is 48.5 Å². The molecule has 3 rings (SSSR count). The SMILES string of the molecule is C[C@H](Oc1ccc([N+](=O)[O-])cc1)C(=O)N1CCN(Cc2cccc(F)c2)CC1. The largest absolute Gasteiger partial charge is 0.481 e. The van der Waals surface area contributed by atoms with Crippen molar-refractivity contribution in [1.82, 2.24) is 9.80 Å². The van der Waals surface area contributed by atoms with E-state index >= 15 is 0 Å². The fraction of sp³-hybridized carbons (Fsp3) is 0.350. The van der Waals surface area contributed by atoms with Gasteiger partial charge in [0, 0.05) is 44.9 Å². The van der Waals surface area contributed by atoms with Crippen molar-refractivity contribution in [3.63, 3.8) is 0 Å². The first-order valence-electron chi connectivity index (χ1n) is 9.09. The van der Waals surface area contributed by atoms with Crippen LogP contribution in [0.3, 0.4) is 0 Å². The van der Waals surface area contributed by atoms with Gasteiger partial charge in [0.05, 0.1) is 4.92 Å². The van der Waals surface area contributed by atoms with E-state index in [0.717, 1.165) is 5.56 Å². The molecule has 1 heterocycles. The van der Waals surface area contributed by atoms with Crippen molar-refractivity contribution in [2.75, 3.05) is 26.2 Å². The zero-order chi connectivity index (χ0) is 20.1. The van der Waals surface area contributed by atoms with Crippen molar-refractivity contribution in [2.45, 2.75) is 19.6 Å². The number of nitro benzene ring substituents is 1. The van der Waals surface area contributed by atoms with Gasteiger partial charge in [-0.1, -0.05) is 12.1 Å². The molecule has 0 radical (unpaired) electrons. The van der Waals surface area contributed by atoms with E-state index in [0.29, 0.717) is 38.5 Å². The first-order chi connectivity index (χ1) is 13.4. The standard InChI is InChI=1S/C20H22FN3O4/c1-15(28-19-7-5-18(6-8-19)24(26)27)20(25)23-11-9-22(10-12-23)14-16-3-2-4-17(21)13-16/h2-8,13,15H,9-12,14H2,1H3/t15-/m0/s1. The number of benzene rings is 2. The Bertz CT molecular complexity index is 836. The number of rotatable bonds is 6. The highest BCUT2D eigenvalue weighted by Gasteiger charge is 2.26. The predicted molar refractivity (Wildman–Crippen MR) is 101 cm³/mol. The van der Waals surface area contributed by atoms with Crippen LogP contribution in [0.25, 0.3) is 0 Å². The lowest BCUT2D eigenvalue weighted by molar-refractivity contribution is -0.384. The number of piperazine rings is 1. The summed E-state index contributed by atoms with van der Waals surface area (Å²) >= 11 is 0. The zero-order valence-electron chi connectivity index (χ0n) is 15.6. The van der Waals surface area contributed by atoms with Crippen LogP contribution >= 0.6 is 0 Å². The molecule has 8 heteroatoms. The summed E-state index contributed by atoms with van der Waals surface area (Å²) in [4.78, 5) is 26.7. The molecular formula is C20H22FN3O4. The molecule has 2 aromatic rings. The summed E-state index contributed by atoms with van der Waals surface area (Å²) in [6.07, 6.45) is -0.684. The molecule has 7 nitrogen and oxygen atoms in total. The first-order valence-corrected chi connectivity index (χ1v) is 9.09. The summed E-state index contributed by atoms with van der Waals surface area (Å²) in [5.74, 6) is 0.0449. The Balaban J connectivity index is 1.49. The second-order valence-electron chi connectivity index (χ2n) is 6.74. The summed E-state index contributed by atoms with van der Waals surface area (Å²) in [6, 6.07) is 12.2. The van der Waals surface area contributed by atoms with Crippen molar-refractivity contribution in [3.05, 3.63) is 70.0 Å². The summed E-state index contributed by atoms with van der Waals surface area (Å²) in [7, 11) is 0. The zero-order valence-corrected chi connectivity index (χ0v) is 15.6. The highest BCUT2D eigenvalue weighted by molar-refractivity contribution is 5.81. The number of hydrogen-bond donors (Lipinski definition) is 0. The highest BCUT2D eigenvalue weighted by Crippen LogP contribution is 2.19. The molecule has 0 spiro atoms. The maximum absolute atomic E-state index is 13.3. The van der Waals surface area contributed by atoms with Gasteiger partial charge in [-0.25, -0.2) is 4.39 Å². The van der Waals surface area contributed by atoms with E-state index in [4.69, 9.17) is 4.74 Å². The number of nitrogens with zero attached hydrogens (tertiary/aromatic N) is 3. The molecule has 1 aliphatic rings. The molecule has 0 saturated carbocycles. The Morgan fingerprint density at radius 3 is 2.46 bits per heavy atom. The van der Waals surface area contributed by atoms with Crippen molar-refractivity contribution >= 4 is 11.6 Å². The highest BCUT2D eigenvalue weighted by atomic mass is 19.1. The van der Waals surface area contributed by atoms with Crippen LogP contribution in [0, 0.1) is 15.9 Å². The third kappa shape index (κ3) is 5.04. The van der Waals surface area contributed by atoms with Gasteiger partial charge in [0.15, 0.2) is 6.10 Å². The normalized spacial score (nSPS) is 15.9. The maximum atomic E-state index is 13.3. The molecule has 1 fully saturated rings. The van der Waals surface area contributed by atoms with Crippen LogP contribution in [0.2, 0.25) is 0 Å². The van der Waals surface area contributed by atoms with Crippen molar-refractivity contribution in [1.29, 1.82) is 0 Å². The van der Waals surface area contributed by atoms with Gasteiger partial charge < -0.3 is 9.64 Å². The predicted octanol–water partition coefficient (Wildman–Crippen LogP) is 2.85. The Hall–Kier alpha value is -3.00. The molecule has 2 aromatic carbocycles. The van der Waals surface area contributed by atoms with Crippen LogP contribution in [0.5, 0.6) is 5.75 Å². The lowest BCUT2D eigenvalue weighted by Crippen LogP contribution is -2.51. The molecule has 1 atom stereocenters. The molecule has 1 amide bonds. The van der Waals surface area contributed by atoms with Gasteiger partial charge in [-0.05, 0) is 36.8 Å². The average Bonchev–Trinajstić information content (AvgIpc) is 2.68. The van der Waals surface area contributed by atoms with Crippen LogP contribution in [-0.2, 0) is 11.3 Å². The lowest BCUT2D eigenvalue weighted by atomic mass is 10.2. The summed E-state index contributed by atoms with van der Waals surface area (Å²) < 4.78 is 18.9. The minimum absolute atomic E-state index is 0.0271. The molecule has 28 heavy (non-hydrogen) atoms. The van der Waals surface area contributed by atoms with E-state index in [1.54, 1.807) is 17.9 Å². The van der Waals surface area contributed by atoms with Crippen LogP contribution < -0.4 is 4.74 Å². The first kappa shape index (κ1) is 19.8. The van der Waals surface area contributed by atoms with E-state index in [-0.39, 0.29) is 17.4 Å². The number of ether oxygens (including phenoxy) is 1. The maximum Gasteiger partial charge on any atom is 0.269 e. The molecule has 0 unspecified atom stereocenters. The van der Waals surface area contributed by atoms with E-state index in [2.05, 4.69) is 4.90 Å². The monoisotopic (exact) mass is 387 g/mol. The van der Waals surface area contributed by atoms with E-state index < -0.39 is 11.0 Å². The van der Waals surface area contributed by atoms with Gasteiger partial charge in [0.1, 0.15) is 11.6 Å². The number of nitro groups is 1. The van der Waals surface area contributed by atoms with Gasteiger partial charge in [-0.3, -0.25) is 19.8 Å². The van der Waals surface area contributed by atoms with Gasteiger partial charge in [0.2, 0.25) is 0 Å². The Morgan fingerprint density at radius 2 is 1.86 bits per heavy atom. The molecule has 148 valence electrons. The molecule has 1 aliphatic heterocycles. The Labute approximate surface area is 162 Å². The smallest absolute Gasteiger partial charge is 0.269 e. The summed E-state index contributed by atoms with van der Waals surface area (Å²) in [5, 5.41) is 10.7. The number of non-ortho nitro benzene ring substituents is 1. The minimum Gasteiger partial charge on any atom is -0.481 e. The summed E-state index contributed by atoms with van der Waals surface area (Å²) in [6.45, 7) is 4.86. The van der Waals surface area contributed by atoms with E-state index in [1.165, 1.54) is 36.4 Å². The molecule has 0 N–H and O–H groups in total. The third-order valence-electron chi connectivity index (χ3n) is 4.69. The fourth-order valence-electron chi connectivity index (χ4n) is 3.18. The van der Waals surface area contributed by atoms with Crippen LogP contribution in [0.1, 0.15) is 12.5 Å².